The first-order chi connectivity index (χ1) is 11.6. The molecular formula is C20H30BrN3. The largest absolute Gasteiger partial charge is 0.371 e. The van der Waals surface area contributed by atoms with Crippen LogP contribution >= 0.6 is 15.9 Å². The van der Waals surface area contributed by atoms with Crippen LogP contribution in [-0.4, -0.2) is 54.1 Å². The van der Waals surface area contributed by atoms with Crippen molar-refractivity contribution in [1.82, 2.24) is 9.80 Å². The van der Waals surface area contributed by atoms with E-state index in [1.165, 1.54) is 5.57 Å². The number of aliphatic imine (C=N–C) groups is 1. The predicted octanol–water partition coefficient (Wildman–Crippen LogP) is 4.56. The molecule has 0 bridgehead atoms. The average Bonchev–Trinajstić information content (AvgIpc) is 2.56. The Morgan fingerprint density at radius 1 is 1.50 bits per heavy atom. The number of allylic oxidation sites excluding steroid dienone is 3. The van der Waals surface area contributed by atoms with Gasteiger partial charge < -0.3 is 4.90 Å². The zero-order valence-electron chi connectivity index (χ0n) is 15.0. The molecule has 4 heteroatoms. The molecule has 132 valence electrons. The van der Waals surface area contributed by atoms with Crippen molar-refractivity contribution >= 4 is 22.1 Å². The fourth-order valence-electron chi connectivity index (χ4n) is 2.80. The van der Waals surface area contributed by atoms with Gasteiger partial charge in [0, 0.05) is 37.0 Å². The zero-order chi connectivity index (χ0) is 17.8. The van der Waals surface area contributed by atoms with Crippen molar-refractivity contribution in [1.29, 1.82) is 0 Å². The van der Waals surface area contributed by atoms with E-state index in [4.69, 9.17) is 0 Å². The Bertz CT molecular complexity index is 517. The molecule has 0 fully saturated rings. The van der Waals surface area contributed by atoms with Gasteiger partial charge in [-0.05, 0) is 32.4 Å². The van der Waals surface area contributed by atoms with Gasteiger partial charge in [0.1, 0.15) is 0 Å². The smallest absolute Gasteiger partial charge is 0.0553 e. The molecule has 1 unspecified atom stereocenters. The maximum Gasteiger partial charge on any atom is 0.0553 e. The monoisotopic (exact) mass is 391 g/mol. The van der Waals surface area contributed by atoms with Crippen molar-refractivity contribution < 1.29 is 0 Å². The van der Waals surface area contributed by atoms with E-state index >= 15 is 0 Å². The molecule has 3 nitrogen and oxygen atoms in total. The van der Waals surface area contributed by atoms with Crippen LogP contribution in [0.4, 0.5) is 0 Å². The lowest BCUT2D eigenvalue weighted by atomic mass is 9.98. The second-order valence-electron chi connectivity index (χ2n) is 5.99. The summed E-state index contributed by atoms with van der Waals surface area (Å²) in [7, 11) is 2.17. The molecule has 0 aromatic rings. The molecule has 0 aromatic carbocycles. The molecule has 0 spiro atoms. The third-order valence-corrected chi connectivity index (χ3v) is 4.32. The van der Waals surface area contributed by atoms with E-state index < -0.39 is 0 Å². The van der Waals surface area contributed by atoms with E-state index in [2.05, 4.69) is 82.3 Å². The molecule has 1 aliphatic heterocycles. The average molecular weight is 392 g/mol. The molecule has 24 heavy (non-hydrogen) atoms. The fraction of sp³-hybridized carbons (Fsp3) is 0.450. The van der Waals surface area contributed by atoms with Crippen LogP contribution in [0.1, 0.15) is 19.8 Å². The van der Waals surface area contributed by atoms with Crippen LogP contribution in [0.5, 0.6) is 0 Å². The standard InChI is InChI=1S/C20H30BrN3/c1-5-9-19(10-6-7-11-21)20(18(2)3)23(4)14-8-15-24-16-12-22-13-17-24/h5-6,9-10,12-13,16,20H,1-2,7-8,11,14-15,17H2,3-4H3/b10-6?,19-9+. The fourth-order valence-corrected chi connectivity index (χ4v) is 3.06. The van der Waals surface area contributed by atoms with Gasteiger partial charge in [0.25, 0.3) is 0 Å². The summed E-state index contributed by atoms with van der Waals surface area (Å²) in [6, 6.07) is 0.216. The van der Waals surface area contributed by atoms with Crippen LogP contribution in [0.25, 0.3) is 0 Å². The molecule has 1 aliphatic rings. The summed E-state index contributed by atoms with van der Waals surface area (Å²) in [6.07, 6.45) is 16.3. The highest BCUT2D eigenvalue weighted by molar-refractivity contribution is 9.09. The van der Waals surface area contributed by atoms with Crippen molar-refractivity contribution in [2.45, 2.75) is 25.8 Å². The van der Waals surface area contributed by atoms with Crippen LogP contribution < -0.4 is 0 Å². The first kappa shape index (κ1) is 20.7. The van der Waals surface area contributed by atoms with Gasteiger partial charge >= 0.3 is 0 Å². The van der Waals surface area contributed by atoms with Gasteiger partial charge in [-0.3, -0.25) is 9.89 Å². The van der Waals surface area contributed by atoms with E-state index in [1.54, 1.807) is 0 Å². The van der Waals surface area contributed by atoms with Gasteiger partial charge in [-0.1, -0.05) is 59.0 Å². The van der Waals surface area contributed by atoms with Crippen LogP contribution in [-0.2, 0) is 0 Å². The van der Waals surface area contributed by atoms with Crippen molar-refractivity contribution in [3.63, 3.8) is 0 Å². The molecule has 0 radical (unpaired) electrons. The predicted molar refractivity (Wildman–Crippen MR) is 111 cm³/mol. The molecule has 0 N–H and O–H groups in total. The number of likely N-dealkylation sites (N-methyl/N-ethyl adjacent to an activating group) is 1. The quantitative estimate of drug-likeness (QED) is 0.292. The van der Waals surface area contributed by atoms with Gasteiger partial charge in [0.2, 0.25) is 0 Å². The van der Waals surface area contributed by atoms with E-state index in [9.17, 15) is 0 Å². The molecular weight excluding hydrogens is 362 g/mol. The summed E-state index contributed by atoms with van der Waals surface area (Å²) in [5.74, 6) is 0. The molecule has 0 aliphatic carbocycles. The number of rotatable bonds is 11. The van der Waals surface area contributed by atoms with Crippen LogP contribution in [0.3, 0.4) is 0 Å². The highest BCUT2D eigenvalue weighted by atomic mass is 79.9. The SMILES string of the molecule is C=C/C=C(\C=CCCBr)C(C(=C)C)N(C)CCCN1C=CN=CC1. The van der Waals surface area contributed by atoms with Gasteiger partial charge in [0.15, 0.2) is 0 Å². The summed E-state index contributed by atoms with van der Waals surface area (Å²) in [4.78, 5) is 8.76. The van der Waals surface area contributed by atoms with E-state index in [0.29, 0.717) is 0 Å². The number of nitrogens with zero attached hydrogens (tertiary/aromatic N) is 3. The van der Waals surface area contributed by atoms with E-state index in [-0.39, 0.29) is 6.04 Å². The highest BCUT2D eigenvalue weighted by Gasteiger charge is 2.18. The normalized spacial score (nSPS) is 16.2. The topological polar surface area (TPSA) is 18.8 Å². The lowest BCUT2D eigenvalue weighted by Gasteiger charge is -2.30. The van der Waals surface area contributed by atoms with Crippen molar-refractivity contribution in [3.05, 3.63) is 61.0 Å². The van der Waals surface area contributed by atoms with Crippen molar-refractivity contribution in [3.8, 4) is 0 Å². The first-order valence-electron chi connectivity index (χ1n) is 8.43. The lowest BCUT2D eigenvalue weighted by molar-refractivity contribution is 0.280. The lowest BCUT2D eigenvalue weighted by Crippen LogP contribution is -2.36. The summed E-state index contributed by atoms with van der Waals surface area (Å²) in [5, 5.41) is 0.977. The van der Waals surface area contributed by atoms with E-state index in [0.717, 1.165) is 43.4 Å². The Kier molecular flexibility index (Phi) is 10.4. The van der Waals surface area contributed by atoms with Crippen LogP contribution in [0, 0.1) is 0 Å². The molecule has 0 amide bonds. The second kappa shape index (κ2) is 12.0. The Morgan fingerprint density at radius 3 is 2.88 bits per heavy atom. The molecule has 1 heterocycles. The van der Waals surface area contributed by atoms with Gasteiger partial charge in [-0.2, -0.15) is 0 Å². The van der Waals surface area contributed by atoms with Crippen LogP contribution in [0.15, 0.2) is 66.0 Å². The minimum absolute atomic E-state index is 0.216. The minimum atomic E-state index is 0.216. The third-order valence-electron chi connectivity index (χ3n) is 3.86. The molecule has 1 atom stereocenters. The van der Waals surface area contributed by atoms with Crippen molar-refractivity contribution in [2.75, 3.05) is 32.0 Å². The molecule has 1 rings (SSSR count). The summed E-state index contributed by atoms with van der Waals surface area (Å²) in [6.45, 7) is 13.1. The number of hydrogen-bond donors (Lipinski definition) is 0. The maximum atomic E-state index is 4.21. The molecule has 0 aromatic heterocycles. The number of hydrogen-bond acceptors (Lipinski definition) is 3. The summed E-state index contributed by atoms with van der Waals surface area (Å²) >= 11 is 3.47. The minimum Gasteiger partial charge on any atom is -0.371 e. The Labute approximate surface area is 156 Å². The third kappa shape index (κ3) is 7.45. The second-order valence-corrected chi connectivity index (χ2v) is 6.78. The maximum absolute atomic E-state index is 4.21. The van der Waals surface area contributed by atoms with Gasteiger partial charge in [0.05, 0.1) is 12.6 Å². The first-order valence-corrected chi connectivity index (χ1v) is 9.55. The molecule has 0 saturated carbocycles. The highest BCUT2D eigenvalue weighted by Crippen LogP contribution is 2.19. The van der Waals surface area contributed by atoms with Crippen LogP contribution in [0.2, 0.25) is 0 Å². The number of alkyl halides is 1. The summed E-state index contributed by atoms with van der Waals surface area (Å²) < 4.78 is 0. The van der Waals surface area contributed by atoms with Crippen molar-refractivity contribution in [2.24, 2.45) is 4.99 Å². The van der Waals surface area contributed by atoms with Gasteiger partial charge in [-0.25, -0.2) is 0 Å². The zero-order valence-corrected chi connectivity index (χ0v) is 16.6. The van der Waals surface area contributed by atoms with E-state index in [1.807, 2.05) is 18.5 Å². The Hall–Kier alpha value is -1.39. The summed E-state index contributed by atoms with van der Waals surface area (Å²) in [5.41, 5.74) is 2.39. The van der Waals surface area contributed by atoms with Gasteiger partial charge in [-0.15, -0.1) is 0 Å². The Balaban J connectivity index is 2.64. The number of halogens is 1. The molecule has 0 saturated heterocycles. The Morgan fingerprint density at radius 2 is 2.29 bits per heavy atom.